The van der Waals surface area contributed by atoms with E-state index in [-0.39, 0.29) is 68.7 Å². The summed E-state index contributed by atoms with van der Waals surface area (Å²) in [6, 6.07) is 15.0. The first kappa shape index (κ1) is 45.7. The lowest BCUT2D eigenvalue weighted by atomic mass is 10.0. The van der Waals surface area contributed by atoms with Gasteiger partial charge in [-0.15, -0.1) is 0 Å². The van der Waals surface area contributed by atoms with Crippen LogP contribution in [0.1, 0.15) is 51.1 Å². The van der Waals surface area contributed by atoms with Crippen LogP contribution in [-0.2, 0) is 34.8 Å². The first-order chi connectivity index (χ1) is 29.7. The number of hydrogen-bond donors (Lipinski definition) is 4. The van der Waals surface area contributed by atoms with Gasteiger partial charge in [-0.1, -0.05) is 29.8 Å². The highest BCUT2D eigenvalue weighted by molar-refractivity contribution is 7.70. The molecule has 328 valence electrons. The maximum atomic E-state index is 13.3. The molecule has 5 amide bonds. The highest BCUT2D eigenvalue weighted by atomic mass is 35.5. The number of piperidine rings is 1. The van der Waals surface area contributed by atoms with Crippen molar-refractivity contribution < 1.29 is 42.7 Å². The van der Waals surface area contributed by atoms with Gasteiger partial charge in [0.2, 0.25) is 23.7 Å². The molecule has 4 N–H and O–H groups in total. The van der Waals surface area contributed by atoms with Crippen LogP contribution in [0.15, 0.2) is 60.8 Å². The molecule has 1 saturated heterocycles. The number of fused-ring (bicyclic) bond motifs is 1. The van der Waals surface area contributed by atoms with E-state index in [1.165, 1.54) is 12.3 Å². The number of ether oxygens (including phenoxy) is 3. The molecule has 19 heteroatoms. The van der Waals surface area contributed by atoms with E-state index in [2.05, 4.69) is 31.2 Å². The second kappa shape index (κ2) is 20.3. The molecule has 17 nitrogen and oxygen atoms in total. The second-order valence-electron chi connectivity index (χ2n) is 15.1. The zero-order chi connectivity index (χ0) is 44.6. The number of para-hydroxylation sites is 1. The predicted octanol–water partition coefficient (Wildman–Crippen LogP) is 5.12. The lowest BCUT2D eigenvalue weighted by Crippen LogP contribution is -2.54. The molecule has 1 fully saturated rings. The fourth-order valence-electron chi connectivity index (χ4n) is 7.08. The molecule has 62 heavy (non-hydrogen) atoms. The van der Waals surface area contributed by atoms with Crippen LogP contribution >= 0.6 is 18.7 Å². The Labute approximate surface area is 364 Å². The average Bonchev–Trinajstić information content (AvgIpc) is 3.49. The number of aryl methyl sites for hydroxylation is 1. The van der Waals surface area contributed by atoms with Gasteiger partial charge in [-0.3, -0.25) is 34.2 Å². The first-order valence-corrected chi connectivity index (χ1v) is 23.0. The number of anilines is 5. The summed E-state index contributed by atoms with van der Waals surface area (Å²) >= 11 is 6.45. The van der Waals surface area contributed by atoms with Crippen LogP contribution in [0.4, 0.5) is 28.8 Å². The summed E-state index contributed by atoms with van der Waals surface area (Å²) in [4.78, 5) is 74.7. The summed E-state index contributed by atoms with van der Waals surface area (Å²) in [6.07, 6.45) is 2.40. The number of hydrogen-bond acceptors (Lipinski definition) is 14. The number of aromatic nitrogens is 2. The Balaban J connectivity index is 0.903. The lowest BCUT2D eigenvalue weighted by molar-refractivity contribution is -0.136. The number of carbonyl (C=O) groups excluding carboxylic acids is 5. The van der Waals surface area contributed by atoms with E-state index in [9.17, 15) is 28.5 Å². The molecule has 2 aliphatic heterocycles. The third kappa shape index (κ3) is 10.9. The Kier molecular flexibility index (Phi) is 15.0. The Morgan fingerprint density at radius 2 is 1.71 bits per heavy atom. The van der Waals surface area contributed by atoms with Gasteiger partial charge in [-0.2, -0.15) is 4.98 Å². The Morgan fingerprint density at radius 3 is 2.45 bits per heavy atom. The number of imide groups is 2. The van der Waals surface area contributed by atoms with E-state index in [0.717, 1.165) is 16.0 Å². The zero-order valence-corrected chi connectivity index (χ0v) is 36.9. The van der Waals surface area contributed by atoms with Gasteiger partial charge < -0.3 is 39.6 Å². The topological polar surface area (TPSA) is 210 Å². The molecule has 3 heterocycles. The van der Waals surface area contributed by atoms with Crippen molar-refractivity contribution in [1.82, 2.24) is 25.1 Å². The van der Waals surface area contributed by atoms with E-state index < -0.39 is 36.8 Å². The Morgan fingerprint density at radius 1 is 0.968 bits per heavy atom. The third-order valence-corrected chi connectivity index (χ3v) is 12.2. The number of benzene rings is 3. The minimum Gasteiger partial charge on any atom is -0.495 e. The van der Waals surface area contributed by atoms with Gasteiger partial charge >= 0.3 is 0 Å². The Bertz CT molecular complexity index is 2410. The number of carbonyl (C=O) groups is 5. The molecule has 4 aromatic rings. The van der Waals surface area contributed by atoms with Crippen LogP contribution < -0.4 is 31.3 Å². The normalized spacial score (nSPS) is 15.0. The SMILES string of the molecule is COc1cc(CCN(C)C(=O)CCOCCOCCNc2cccc3c2C(=O)N(C2CCC(=O)NC2=O)C3=O)c(C)cc1Nc1ncc(Cl)c(Nc2ccccc2P(C)(C)=O)n1. The fraction of sp³-hybridized carbons (Fsp3) is 0.372. The molecule has 0 spiro atoms. The van der Waals surface area contributed by atoms with Crippen molar-refractivity contribution in [3.8, 4) is 5.75 Å². The van der Waals surface area contributed by atoms with Gasteiger partial charge in [0, 0.05) is 37.5 Å². The molecule has 0 bridgehead atoms. The van der Waals surface area contributed by atoms with Gasteiger partial charge in [-0.25, -0.2) is 4.98 Å². The van der Waals surface area contributed by atoms with Crippen molar-refractivity contribution in [2.45, 2.75) is 38.6 Å². The molecule has 0 aliphatic carbocycles. The molecular weight excluding hydrogens is 839 g/mol. The molecule has 0 radical (unpaired) electrons. The minimum absolute atomic E-state index is 0.0455. The van der Waals surface area contributed by atoms with E-state index >= 15 is 0 Å². The van der Waals surface area contributed by atoms with Crippen LogP contribution in [-0.4, -0.2) is 122 Å². The van der Waals surface area contributed by atoms with Gasteiger partial charge in [-0.05, 0) is 80.6 Å². The minimum atomic E-state index is -2.58. The highest BCUT2D eigenvalue weighted by Crippen LogP contribution is 2.39. The lowest BCUT2D eigenvalue weighted by Gasteiger charge is -2.27. The maximum absolute atomic E-state index is 13.3. The molecule has 1 atom stereocenters. The molecular formula is C43H50ClN8O9P. The van der Waals surface area contributed by atoms with Crippen LogP contribution in [0.25, 0.3) is 0 Å². The monoisotopic (exact) mass is 888 g/mol. The predicted molar refractivity (Wildman–Crippen MR) is 236 cm³/mol. The van der Waals surface area contributed by atoms with E-state index in [4.69, 9.17) is 25.8 Å². The summed E-state index contributed by atoms with van der Waals surface area (Å²) in [6.45, 7) is 7.26. The zero-order valence-electron chi connectivity index (χ0n) is 35.2. The summed E-state index contributed by atoms with van der Waals surface area (Å²) in [5, 5.41) is 12.7. The van der Waals surface area contributed by atoms with Crippen molar-refractivity contribution in [2.75, 3.05) is 83.0 Å². The summed E-state index contributed by atoms with van der Waals surface area (Å²) in [7, 11) is 0.741. The summed E-state index contributed by atoms with van der Waals surface area (Å²) in [5.41, 5.74) is 4.08. The van der Waals surface area contributed by atoms with Gasteiger partial charge in [0.15, 0.2) is 5.82 Å². The highest BCUT2D eigenvalue weighted by Gasteiger charge is 2.45. The molecule has 1 aromatic heterocycles. The van der Waals surface area contributed by atoms with Crippen molar-refractivity contribution in [3.63, 3.8) is 0 Å². The number of nitrogens with zero attached hydrogens (tertiary/aromatic N) is 4. The summed E-state index contributed by atoms with van der Waals surface area (Å²) < 4.78 is 29.9. The molecule has 1 unspecified atom stereocenters. The van der Waals surface area contributed by atoms with Gasteiger partial charge in [0.1, 0.15) is 24.0 Å². The number of rotatable bonds is 20. The van der Waals surface area contributed by atoms with Crippen molar-refractivity contribution in [2.24, 2.45) is 0 Å². The van der Waals surface area contributed by atoms with Gasteiger partial charge in [0.25, 0.3) is 11.8 Å². The van der Waals surface area contributed by atoms with E-state index in [0.29, 0.717) is 58.5 Å². The van der Waals surface area contributed by atoms with Crippen LogP contribution in [0, 0.1) is 6.92 Å². The van der Waals surface area contributed by atoms with Crippen LogP contribution in [0.2, 0.25) is 5.02 Å². The van der Waals surface area contributed by atoms with Crippen LogP contribution in [0.3, 0.4) is 0 Å². The average molecular weight is 889 g/mol. The molecule has 2 aliphatic rings. The van der Waals surface area contributed by atoms with Gasteiger partial charge in [0.05, 0.1) is 68.7 Å². The number of likely N-dealkylation sites (N-methyl/N-ethyl adjacent to an activating group) is 1. The second-order valence-corrected chi connectivity index (χ2v) is 18.7. The van der Waals surface area contributed by atoms with E-state index in [1.807, 2.05) is 43.3 Å². The van der Waals surface area contributed by atoms with Crippen LogP contribution in [0.5, 0.6) is 5.75 Å². The standard InChI is InChI=1S/C43H50ClN8O9P/c1-26-23-32(48-43-46-25-29(44)39(50-43)47-30-10-6-7-12-35(30)62(4,5)58)34(59-3)24-27(26)15-18-51(2)37(54)16-19-60-21-22-61-20-17-45-31-11-8-9-28-38(31)42(57)52(41(28)56)33-13-14-36(53)49-40(33)55/h6-12,23-25,33,45H,13-22H2,1-5H3,(H,49,53,55)(H2,46,47,48,50). The number of amides is 5. The first-order valence-electron chi connectivity index (χ1n) is 20.0. The maximum Gasteiger partial charge on any atom is 0.264 e. The number of methoxy groups -OCH3 is 1. The third-order valence-electron chi connectivity index (χ3n) is 10.4. The largest absolute Gasteiger partial charge is 0.495 e. The Hall–Kier alpha value is -5.87. The van der Waals surface area contributed by atoms with Crippen molar-refractivity contribution in [3.05, 3.63) is 88.1 Å². The van der Waals surface area contributed by atoms with E-state index in [1.54, 1.807) is 44.5 Å². The van der Waals surface area contributed by atoms with Crippen molar-refractivity contribution >= 4 is 82.4 Å². The fourth-order valence-corrected chi connectivity index (χ4v) is 8.38. The molecule has 6 rings (SSSR count). The van der Waals surface area contributed by atoms with Crippen molar-refractivity contribution in [1.29, 1.82) is 0 Å². The number of halogens is 1. The quantitative estimate of drug-likeness (QED) is 0.0516. The molecule has 3 aromatic carbocycles. The smallest absolute Gasteiger partial charge is 0.264 e. The summed E-state index contributed by atoms with van der Waals surface area (Å²) in [5.74, 6) is -1.12. The molecule has 0 saturated carbocycles. The number of nitrogens with one attached hydrogen (secondary N) is 4.